The predicted molar refractivity (Wildman–Crippen MR) is 101 cm³/mol. The lowest BCUT2D eigenvalue weighted by atomic mass is 10.1. The number of carbonyl (C=O) groups excluding carboxylic acids is 1. The topological polar surface area (TPSA) is 46.5 Å². The van der Waals surface area contributed by atoms with Gasteiger partial charge in [-0.15, -0.1) is 0 Å². The first kappa shape index (κ1) is 18.2. The highest BCUT2D eigenvalue weighted by atomic mass is 19.1. The van der Waals surface area contributed by atoms with Crippen LogP contribution < -0.4 is 5.32 Å². The third-order valence-electron chi connectivity index (χ3n) is 5.55. The van der Waals surface area contributed by atoms with E-state index in [9.17, 15) is 9.18 Å². The Morgan fingerprint density at radius 2 is 2.26 bits per heavy atom. The average molecular weight is 371 g/mol. The molecule has 1 atom stereocenters. The van der Waals surface area contributed by atoms with Crippen LogP contribution in [0, 0.1) is 5.82 Å². The molecule has 1 amide bonds. The maximum atomic E-state index is 13.4. The van der Waals surface area contributed by atoms with E-state index in [-0.39, 0.29) is 17.8 Å². The van der Waals surface area contributed by atoms with Gasteiger partial charge in [0.05, 0.1) is 6.10 Å². The molecule has 4 rings (SSSR count). The number of ether oxygens (including phenoxy) is 1. The Hall–Kier alpha value is -2.18. The molecule has 1 N–H and O–H groups in total. The van der Waals surface area contributed by atoms with E-state index in [0.717, 1.165) is 44.5 Å². The summed E-state index contributed by atoms with van der Waals surface area (Å²) in [4.78, 5) is 14.9. The summed E-state index contributed by atoms with van der Waals surface area (Å²) in [7, 11) is 1.96. The standard InChI is InChI=1S/C21H26FN3O2/c1-24-19-7-8-25(13-15-4-2-5-17(22)10-15)14-16(19)11-20(24)21(26)23-12-18-6-3-9-27-18/h2,4-5,10-11,18H,3,6-9,12-14H2,1H3,(H,23,26)/t18-/m1/s1. The number of rotatable bonds is 5. The van der Waals surface area contributed by atoms with Crippen LogP contribution in [0.15, 0.2) is 30.3 Å². The highest BCUT2D eigenvalue weighted by Gasteiger charge is 2.24. The first-order valence-electron chi connectivity index (χ1n) is 9.64. The zero-order chi connectivity index (χ0) is 18.8. The van der Waals surface area contributed by atoms with Crippen molar-refractivity contribution >= 4 is 5.91 Å². The number of carbonyl (C=O) groups is 1. The summed E-state index contributed by atoms with van der Waals surface area (Å²) < 4.78 is 21.0. The Bertz CT molecular complexity index is 827. The number of nitrogens with one attached hydrogen (secondary N) is 1. The van der Waals surface area contributed by atoms with E-state index in [1.54, 1.807) is 12.1 Å². The summed E-state index contributed by atoms with van der Waals surface area (Å²) >= 11 is 0. The largest absolute Gasteiger partial charge is 0.376 e. The lowest BCUT2D eigenvalue weighted by Crippen LogP contribution is -2.33. The average Bonchev–Trinajstić information content (AvgIpc) is 3.28. The van der Waals surface area contributed by atoms with E-state index < -0.39 is 0 Å². The fraction of sp³-hybridized carbons (Fsp3) is 0.476. The van der Waals surface area contributed by atoms with Crippen LogP contribution in [0.2, 0.25) is 0 Å². The van der Waals surface area contributed by atoms with E-state index in [2.05, 4.69) is 10.2 Å². The molecule has 2 aliphatic rings. The summed E-state index contributed by atoms with van der Waals surface area (Å²) in [5.41, 5.74) is 4.07. The molecule has 1 aromatic carbocycles. The van der Waals surface area contributed by atoms with Gasteiger partial charge in [-0.3, -0.25) is 9.69 Å². The van der Waals surface area contributed by atoms with Crippen LogP contribution in [0.1, 0.15) is 40.2 Å². The molecule has 27 heavy (non-hydrogen) atoms. The van der Waals surface area contributed by atoms with Crippen molar-refractivity contribution in [3.05, 3.63) is 58.7 Å². The van der Waals surface area contributed by atoms with Crippen molar-refractivity contribution in [2.24, 2.45) is 7.05 Å². The maximum absolute atomic E-state index is 13.4. The lowest BCUT2D eigenvalue weighted by molar-refractivity contribution is 0.0851. The summed E-state index contributed by atoms with van der Waals surface area (Å²) in [5, 5.41) is 3.01. The molecule has 0 aliphatic carbocycles. The molecule has 1 fully saturated rings. The van der Waals surface area contributed by atoms with Gasteiger partial charge in [0, 0.05) is 51.9 Å². The second-order valence-electron chi connectivity index (χ2n) is 7.50. The van der Waals surface area contributed by atoms with Crippen LogP contribution >= 0.6 is 0 Å². The van der Waals surface area contributed by atoms with Crippen LogP contribution in [0.25, 0.3) is 0 Å². The van der Waals surface area contributed by atoms with E-state index >= 15 is 0 Å². The second kappa shape index (κ2) is 7.82. The highest BCUT2D eigenvalue weighted by Crippen LogP contribution is 2.24. The van der Waals surface area contributed by atoms with Crippen LogP contribution in [-0.2, 0) is 31.3 Å². The van der Waals surface area contributed by atoms with Crippen molar-refractivity contribution in [2.45, 2.75) is 38.5 Å². The van der Waals surface area contributed by atoms with E-state index in [1.165, 1.54) is 17.3 Å². The van der Waals surface area contributed by atoms with Crippen LogP contribution in [-0.4, -0.2) is 41.2 Å². The van der Waals surface area contributed by atoms with E-state index in [1.807, 2.05) is 23.7 Å². The Balaban J connectivity index is 1.41. The van der Waals surface area contributed by atoms with Crippen molar-refractivity contribution in [1.82, 2.24) is 14.8 Å². The summed E-state index contributed by atoms with van der Waals surface area (Å²) in [6.45, 7) is 3.75. The van der Waals surface area contributed by atoms with Crippen LogP contribution in [0.4, 0.5) is 4.39 Å². The number of nitrogens with zero attached hydrogens (tertiary/aromatic N) is 2. The molecule has 2 aliphatic heterocycles. The molecular weight excluding hydrogens is 345 g/mol. The molecule has 6 heteroatoms. The Morgan fingerprint density at radius 1 is 1.37 bits per heavy atom. The second-order valence-corrected chi connectivity index (χ2v) is 7.50. The van der Waals surface area contributed by atoms with Crippen LogP contribution in [0.5, 0.6) is 0 Å². The van der Waals surface area contributed by atoms with Crippen LogP contribution in [0.3, 0.4) is 0 Å². The normalized spacial score (nSPS) is 19.9. The van der Waals surface area contributed by atoms with Gasteiger partial charge in [-0.05, 0) is 42.2 Å². The van der Waals surface area contributed by atoms with Gasteiger partial charge in [0.15, 0.2) is 0 Å². The van der Waals surface area contributed by atoms with Gasteiger partial charge in [0.25, 0.3) is 5.91 Å². The smallest absolute Gasteiger partial charge is 0.268 e. The van der Waals surface area contributed by atoms with Crippen molar-refractivity contribution in [3.63, 3.8) is 0 Å². The summed E-state index contributed by atoms with van der Waals surface area (Å²) in [6.07, 6.45) is 3.12. The molecule has 0 unspecified atom stereocenters. The van der Waals surface area contributed by atoms with Gasteiger partial charge < -0.3 is 14.6 Å². The minimum Gasteiger partial charge on any atom is -0.376 e. The van der Waals surface area contributed by atoms with Crippen molar-refractivity contribution in [2.75, 3.05) is 19.7 Å². The summed E-state index contributed by atoms with van der Waals surface area (Å²) in [6, 6.07) is 8.76. The monoisotopic (exact) mass is 371 g/mol. The number of fused-ring (bicyclic) bond motifs is 1. The molecule has 1 aromatic heterocycles. The fourth-order valence-corrected chi connectivity index (χ4v) is 4.10. The van der Waals surface area contributed by atoms with Gasteiger partial charge in [-0.1, -0.05) is 12.1 Å². The van der Waals surface area contributed by atoms with E-state index in [4.69, 9.17) is 4.74 Å². The molecule has 1 saturated heterocycles. The van der Waals surface area contributed by atoms with Crippen molar-refractivity contribution < 1.29 is 13.9 Å². The number of hydrogen-bond donors (Lipinski definition) is 1. The van der Waals surface area contributed by atoms with Gasteiger partial charge >= 0.3 is 0 Å². The maximum Gasteiger partial charge on any atom is 0.268 e. The van der Waals surface area contributed by atoms with Gasteiger partial charge in [0.1, 0.15) is 11.5 Å². The zero-order valence-electron chi connectivity index (χ0n) is 15.7. The fourth-order valence-electron chi connectivity index (χ4n) is 4.10. The molecule has 0 saturated carbocycles. The number of aromatic nitrogens is 1. The molecule has 5 nitrogen and oxygen atoms in total. The molecule has 3 heterocycles. The summed E-state index contributed by atoms with van der Waals surface area (Å²) in [5.74, 6) is -0.241. The SMILES string of the molecule is Cn1c(C(=O)NC[C@H]2CCCO2)cc2c1CCN(Cc1cccc(F)c1)C2. The first-order chi connectivity index (χ1) is 13.1. The number of hydrogen-bond acceptors (Lipinski definition) is 3. The Kier molecular flexibility index (Phi) is 5.27. The molecule has 0 radical (unpaired) electrons. The molecule has 144 valence electrons. The number of benzene rings is 1. The number of amides is 1. The highest BCUT2D eigenvalue weighted by molar-refractivity contribution is 5.93. The van der Waals surface area contributed by atoms with Crippen molar-refractivity contribution in [1.29, 1.82) is 0 Å². The third kappa shape index (κ3) is 4.06. The zero-order valence-corrected chi connectivity index (χ0v) is 15.7. The number of halogens is 1. The first-order valence-corrected chi connectivity index (χ1v) is 9.64. The molecule has 0 spiro atoms. The van der Waals surface area contributed by atoms with E-state index in [0.29, 0.717) is 18.8 Å². The van der Waals surface area contributed by atoms with Gasteiger partial charge in [0.2, 0.25) is 0 Å². The Morgan fingerprint density at radius 3 is 3.04 bits per heavy atom. The molecular formula is C21H26FN3O2. The minimum atomic E-state index is -0.199. The van der Waals surface area contributed by atoms with Gasteiger partial charge in [-0.25, -0.2) is 4.39 Å². The quantitative estimate of drug-likeness (QED) is 0.879. The van der Waals surface area contributed by atoms with Gasteiger partial charge in [-0.2, -0.15) is 0 Å². The predicted octanol–water partition coefficient (Wildman–Crippen LogP) is 2.63. The Labute approximate surface area is 159 Å². The third-order valence-corrected chi connectivity index (χ3v) is 5.55. The minimum absolute atomic E-state index is 0.0425. The molecule has 0 bridgehead atoms. The lowest BCUT2D eigenvalue weighted by Gasteiger charge is -2.27. The molecule has 2 aromatic rings. The van der Waals surface area contributed by atoms with Crippen molar-refractivity contribution in [3.8, 4) is 0 Å².